The van der Waals surface area contributed by atoms with Gasteiger partial charge in [0.25, 0.3) is 0 Å². The predicted molar refractivity (Wildman–Crippen MR) is 89.6 cm³/mol. The van der Waals surface area contributed by atoms with Crippen molar-refractivity contribution in [2.45, 2.75) is 59.1 Å². The summed E-state index contributed by atoms with van der Waals surface area (Å²) < 4.78 is 12.6. The molecular formula is C14H18I2O3. The fourth-order valence-electron chi connectivity index (χ4n) is 3.33. The number of alkyl halides is 2. The minimum atomic E-state index is -0.115. The Kier molecular flexibility index (Phi) is 4.32. The normalized spacial score (nSPS) is 43.6. The summed E-state index contributed by atoms with van der Waals surface area (Å²) in [4.78, 5) is 12.2. The number of esters is 1. The Bertz CT molecular complexity index is 419. The van der Waals surface area contributed by atoms with Gasteiger partial charge in [0.05, 0.1) is 5.57 Å². The van der Waals surface area contributed by atoms with Gasteiger partial charge in [0.1, 0.15) is 18.0 Å². The van der Waals surface area contributed by atoms with Gasteiger partial charge in [-0.2, -0.15) is 0 Å². The fourth-order valence-corrected chi connectivity index (χ4v) is 4.93. The number of hydrogen-bond acceptors (Lipinski definition) is 3. The summed E-state index contributed by atoms with van der Waals surface area (Å²) >= 11 is 4.83. The van der Waals surface area contributed by atoms with Gasteiger partial charge < -0.3 is 9.47 Å². The van der Waals surface area contributed by atoms with Crippen LogP contribution in [0.1, 0.15) is 39.0 Å². The molecule has 2 aliphatic heterocycles. The van der Waals surface area contributed by atoms with E-state index >= 15 is 0 Å². The third-order valence-electron chi connectivity index (χ3n) is 4.34. The summed E-state index contributed by atoms with van der Waals surface area (Å²) in [7, 11) is 0. The lowest BCUT2D eigenvalue weighted by molar-refractivity contribution is -0.139. The maximum Gasteiger partial charge on any atom is 0.338 e. The van der Waals surface area contributed by atoms with Crippen molar-refractivity contribution in [3.8, 4) is 0 Å². The average Bonchev–Trinajstić information content (AvgIpc) is 2.93. The maximum absolute atomic E-state index is 12.2. The van der Waals surface area contributed by atoms with E-state index < -0.39 is 0 Å². The number of hydrogen-bond donors (Lipinski definition) is 0. The lowest BCUT2D eigenvalue weighted by Crippen LogP contribution is -2.31. The van der Waals surface area contributed by atoms with E-state index in [4.69, 9.17) is 9.47 Å². The molecule has 1 aliphatic carbocycles. The highest BCUT2D eigenvalue weighted by molar-refractivity contribution is 14.1. The van der Waals surface area contributed by atoms with Gasteiger partial charge >= 0.3 is 5.97 Å². The van der Waals surface area contributed by atoms with Gasteiger partial charge in [-0.15, -0.1) is 0 Å². The SMILES string of the molecule is CC(I)C1CC/C(=C2\C(=O)OC3C(I)CCCC23)O1. The lowest BCUT2D eigenvalue weighted by Gasteiger charge is -2.28. The van der Waals surface area contributed by atoms with Crippen LogP contribution in [0.3, 0.4) is 0 Å². The highest BCUT2D eigenvalue weighted by atomic mass is 127. The molecule has 3 rings (SSSR count). The minimum absolute atomic E-state index is 0.0871. The second-order valence-electron chi connectivity index (χ2n) is 5.63. The Morgan fingerprint density at radius 2 is 2.05 bits per heavy atom. The van der Waals surface area contributed by atoms with Crippen LogP contribution in [0.2, 0.25) is 0 Å². The molecule has 5 unspecified atom stereocenters. The summed E-state index contributed by atoms with van der Waals surface area (Å²) in [5.41, 5.74) is 0.867. The molecule has 1 saturated carbocycles. The van der Waals surface area contributed by atoms with Crippen LogP contribution in [0.4, 0.5) is 0 Å². The molecule has 106 valence electrons. The molecule has 2 saturated heterocycles. The first kappa shape index (κ1) is 14.4. The topological polar surface area (TPSA) is 35.5 Å². The van der Waals surface area contributed by atoms with Crippen LogP contribution in [0.25, 0.3) is 0 Å². The number of allylic oxidation sites excluding steroid dienone is 1. The summed E-state index contributed by atoms with van der Waals surface area (Å²) in [5, 5.41) is 0. The monoisotopic (exact) mass is 488 g/mol. The first-order valence-electron chi connectivity index (χ1n) is 6.96. The molecule has 2 heterocycles. The third kappa shape index (κ3) is 2.65. The maximum atomic E-state index is 12.2. The number of rotatable bonds is 1. The van der Waals surface area contributed by atoms with Gasteiger partial charge in [0.2, 0.25) is 0 Å². The van der Waals surface area contributed by atoms with Crippen LogP contribution in [-0.2, 0) is 14.3 Å². The molecule has 0 bridgehead atoms. The average molecular weight is 488 g/mol. The zero-order chi connectivity index (χ0) is 13.6. The molecule has 0 N–H and O–H groups in total. The Morgan fingerprint density at radius 1 is 1.26 bits per heavy atom. The van der Waals surface area contributed by atoms with Crippen LogP contribution in [0.15, 0.2) is 11.3 Å². The van der Waals surface area contributed by atoms with E-state index in [2.05, 4.69) is 52.1 Å². The molecule has 3 fully saturated rings. The minimum Gasteiger partial charge on any atom is -0.493 e. The fraction of sp³-hybridized carbons (Fsp3) is 0.786. The van der Waals surface area contributed by atoms with Gasteiger partial charge in [-0.1, -0.05) is 51.6 Å². The van der Waals surface area contributed by atoms with Crippen molar-refractivity contribution in [3.05, 3.63) is 11.3 Å². The van der Waals surface area contributed by atoms with Crippen LogP contribution in [0.5, 0.6) is 0 Å². The van der Waals surface area contributed by atoms with Crippen molar-refractivity contribution in [1.82, 2.24) is 0 Å². The van der Waals surface area contributed by atoms with Crippen LogP contribution >= 0.6 is 45.2 Å². The first-order valence-corrected chi connectivity index (χ1v) is 9.46. The van der Waals surface area contributed by atoms with Gasteiger partial charge in [0, 0.05) is 20.2 Å². The van der Waals surface area contributed by atoms with Crippen molar-refractivity contribution in [2.75, 3.05) is 0 Å². The first-order chi connectivity index (χ1) is 9.08. The number of carbonyl (C=O) groups is 1. The van der Waals surface area contributed by atoms with E-state index in [0.717, 1.165) is 37.0 Å². The van der Waals surface area contributed by atoms with Crippen LogP contribution in [-0.4, -0.2) is 26.0 Å². The van der Waals surface area contributed by atoms with Crippen molar-refractivity contribution in [1.29, 1.82) is 0 Å². The van der Waals surface area contributed by atoms with Gasteiger partial charge in [-0.25, -0.2) is 4.79 Å². The smallest absolute Gasteiger partial charge is 0.338 e. The Labute approximate surface area is 141 Å². The molecule has 3 aliphatic rings. The Morgan fingerprint density at radius 3 is 2.74 bits per heavy atom. The number of fused-ring (bicyclic) bond motifs is 1. The van der Waals surface area contributed by atoms with Crippen LogP contribution < -0.4 is 0 Å². The lowest BCUT2D eigenvalue weighted by atomic mass is 9.82. The quantitative estimate of drug-likeness (QED) is 0.244. The van der Waals surface area contributed by atoms with Gasteiger partial charge in [0.15, 0.2) is 0 Å². The zero-order valence-electron chi connectivity index (χ0n) is 10.9. The third-order valence-corrected chi connectivity index (χ3v) is 6.48. The van der Waals surface area contributed by atoms with Crippen molar-refractivity contribution < 1.29 is 14.3 Å². The summed E-state index contributed by atoms with van der Waals surface area (Å²) in [6.07, 6.45) is 5.69. The van der Waals surface area contributed by atoms with Crippen molar-refractivity contribution in [2.24, 2.45) is 5.92 Å². The Hall–Kier alpha value is 0.470. The highest BCUT2D eigenvalue weighted by Crippen LogP contribution is 2.45. The van der Waals surface area contributed by atoms with E-state index in [1.54, 1.807) is 0 Å². The molecule has 0 spiro atoms. The summed E-state index contributed by atoms with van der Waals surface area (Å²) in [6, 6.07) is 0. The standard InChI is InChI=1S/C14H18I2O3/c1-7(15)10-5-6-11(18-10)12-8-3-2-4-9(16)13(8)19-14(12)17/h7-10,13H,2-6H2,1H3/b12-11+. The molecule has 0 aromatic rings. The summed E-state index contributed by atoms with van der Waals surface area (Å²) in [6.45, 7) is 2.16. The molecule has 5 heteroatoms. The van der Waals surface area contributed by atoms with Crippen molar-refractivity contribution in [3.63, 3.8) is 0 Å². The molecule has 0 amide bonds. The zero-order valence-corrected chi connectivity index (χ0v) is 15.2. The second-order valence-corrected chi connectivity index (χ2v) is 9.20. The number of halogens is 2. The molecule has 0 radical (unpaired) electrons. The molecular weight excluding hydrogens is 470 g/mol. The van der Waals surface area contributed by atoms with E-state index in [1.807, 2.05) is 0 Å². The molecule has 0 aromatic carbocycles. The number of ether oxygens (including phenoxy) is 2. The van der Waals surface area contributed by atoms with E-state index in [9.17, 15) is 4.79 Å². The summed E-state index contributed by atoms with van der Waals surface area (Å²) in [5.74, 6) is 1.09. The number of carbonyl (C=O) groups excluding carboxylic acids is 1. The predicted octanol–water partition coefficient (Wildman–Crippen LogP) is 3.77. The molecule has 0 aromatic heterocycles. The van der Waals surface area contributed by atoms with E-state index in [1.165, 1.54) is 6.42 Å². The van der Waals surface area contributed by atoms with E-state index in [-0.39, 0.29) is 24.1 Å². The molecule has 5 atom stereocenters. The highest BCUT2D eigenvalue weighted by Gasteiger charge is 2.48. The van der Waals surface area contributed by atoms with Crippen molar-refractivity contribution >= 4 is 51.2 Å². The second kappa shape index (κ2) is 5.69. The molecule has 19 heavy (non-hydrogen) atoms. The van der Waals surface area contributed by atoms with Gasteiger partial charge in [-0.3, -0.25) is 0 Å². The largest absolute Gasteiger partial charge is 0.493 e. The van der Waals surface area contributed by atoms with E-state index in [0.29, 0.717) is 7.85 Å². The van der Waals surface area contributed by atoms with Gasteiger partial charge in [-0.05, 0) is 26.2 Å². The molecule has 3 nitrogen and oxygen atoms in total. The van der Waals surface area contributed by atoms with Crippen LogP contribution in [0, 0.1) is 5.92 Å². The Balaban J connectivity index is 1.86.